The van der Waals surface area contributed by atoms with E-state index in [1.54, 1.807) is 11.3 Å². The van der Waals surface area contributed by atoms with E-state index >= 15 is 0 Å². The van der Waals surface area contributed by atoms with Crippen LogP contribution in [0.4, 0.5) is 11.4 Å². The van der Waals surface area contributed by atoms with Gasteiger partial charge >= 0.3 is 0 Å². The molecule has 0 saturated heterocycles. The molecule has 0 aliphatic carbocycles. The average molecular weight is 276 g/mol. The minimum atomic E-state index is 0.858. The Morgan fingerprint density at radius 1 is 1.28 bits per heavy atom. The molecule has 2 aromatic rings. The number of hydrogen-bond donors (Lipinski definition) is 1. The number of rotatable bonds is 3. The highest BCUT2D eigenvalue weighted by molar-refractivity contribution is 7.99. The van der Waals surface area contributed by atoms with Gasteiger partial charge in [0.05, 0.1) is 5.69 Å². The number of anilines is 2. The first-order valence-electron chi connectivity index (χ1n) is 6.11. The summed E-state index contributed by atoms with van der Waals surface area (Å²) < 4.78 is 0. The predicted molar refractivity (Wildman–Crippen MR) is 81.8 cm³/mol. The van der Waals surface area contributed by atoms with Crippen LogP contribution in [-0.2, 0) is 6.42 Å². The topological polar surface area (TPSA) is 29.3 Å². The first-order chi connectivity index (χ1) is 8.83. The van der Waals surface area contributed by atoms with Crippen LogP contribution in [-0.4, -0.2) is 18.8 Å². The number of benzene rings is 1. The number of nitrogens with zero attached hydrogens (tertiary/aromatic N) is 1. The van der Waals surface area contributed by atoms with E-state index in [2.05, 4.69) is 33.9 Å². The average Bonchev–Trinajstić information content (AvgIpc) is 2.89. The Hall–Kier alpha value is -1.13. The van der Waals surface area contributed by atoms with Gasteiger partial charge in [-0.05, 0) is 47.0 Å². The molecule has 0 amide bonds. The van der Waals surface area contributed by atoms with Crippen molar-refractivity contribution in [1.29, 1.82) is 0 Å². The lowest BCUT2D eigenvalue weighted by molar-refractivity contribution is 0.799. The molecule has 18 heavy (non-hydrogen) atoms. The Morgan fingerprint density at radius 2 is 2.22 bits per heavy atom. The summed E-state index contributed by atoms with van der Waals surface area (Å²) in [7, 11) is 0. The molecule has 0 bridgehead atoms. The summed E-state index contributed by atoms with van der Waals surface area (Å²) in [6, 6.07) is 8.46. The first kappa shape index (κ1) is 11.9. The van der Waals surface area contributed by atoms with Crippen LogP contribution in [0.1, 0.15) is 5.56 Å². The van der Waals surface area contributed by atoms with Crippen LogP contribution in [0.25, 0.3) is 0 Å². The van der Waals surface area contributed by atoms with Crippen molar-refractivity contribution in [2.75, 3.05) is 29.5 Å². The van der Waals surface area contributed by atoms with E-state index in [9.17, 15) is 0 Å². The van der Waals surface area contributed by atoms with Gasteiger partial charge in [-0.2, -0.15) is 11.3 Å². The fourth-order valence-corrected chi connectivity index (χ4v) is 3.96. The largest absolute Gasteiger partial charge is 0.399 e. The summed E-state index contributed by atoms with van der Waals surface area (Å²) in [5.41, 5.74) is 9.50. The van der Waals surface area contributed by atoms with Gasteiger partial charge in [0.2, 0.25) is 0 Å². The van der Waals surface area contributed by atoms with Crippen molar-refractivity contribution >= 4 is 34.5 Å². The minimum absolute atomic E-state index is 0.858. The molecule has 0 unspecified atom stereocenters. The molecule has 2 heterocycles. The van der Waals surface area contributed by atoms with Gasteiger partial charge in [-0.25, -0.2) is 0 Å². The lowest BCUT2D eigenvalue weighted by Gasteiger charge is -2.31. The van der Waals surface area contributed by atoms with Gasteiger partial charge in [-0.15, -0.1) is 11.8 Å². The Bertz CT molecular complexity index is 523. The summed E-state index contributed by atoms with van der Waals surface area (Å²) in [5.74, 6) is 1.17. The summed E-state index contributed by atoms with van der Waals surface area (Å²) in [4.78, 5) is 3.82. The van der Waals surface area contributed by atoms with Crippen LogP contribution in [0, 0.1) is 0 Å². The third-order valence-corrected chi connectivity index (χ3v) is 4.97. The molecule has 94 valence electrons. The van der Waals surface area contributed by atoms with Gasteiger partial charge in [0, 0.05) is 29.4 Å². The van der Waals surface area contributed by atoms with Crippen molar-refractivity contribution in [3.8, 4) is 0 Å². The molecular formula is C14H16N2S2. The van der Waals surface area contributed by atoms with E-state index in [4.69, 9.17) is 5.73 Å². The van der Waals surface area contributed by atoms with E-state index < -0.39 is 0 Å². The van der Waals surface area contributed by atoms with Crippen LogP contribution >= 0.6 is 23.1 Å². The van der Waals surface area contributed by atoms with Crippen LogP contribution in [0.2, 0.25) is 0 Å². The predicted octanol–water partition coefficient (Wildman–Crippen LogP) is 3.49. The molecule has 1 aliphatic rings. The standard InChI is InChI=1S/C14H16N2S2/c15-12-1-2-14-13(9-12)16(6-8-18-14)5-3-11-4-7-17-10-11/h1-2,4,7,9-10H,3,5-6,8,15H2. The van der Waals surface area contributed by atoms with Crippen molar-refractivity contribution in [2.24, 2.45) is 0 Å². The number of thioether (sulfide) groups is 1. The second kappa shape index (κ2) is 5.24. The Labute approximate surface area is 116 Å². The molecule has 4 heteroatoms. The lowest BCUT2D eigenvalue weighted by Crippen LogP contribution is -2.31. The van der Waals surface area contributed by atoms with Crippen LogP contribution in [0.5, 0.6) is 0 Å². The number of hydrogen-bond acceptors (Lipinski definition) is 4. The van der Waals surface area contributed by atoms with Crippen LogP contribution in [0.3, 0.4) is 0 Å². The Balaban J connectivity index is 1.76. The van der Waals surface area contributed by atoms with Gasteiger partial charge in [0.15, 0.2) is 0 Å². The summed E-state index contributed by atoms with van der Waals surface area (Å²) in [6.45, 7) is 2.19. The van der Waals surface area contributed by atoms with E-state index in [0.29, 0.717) is 0 Å². The zero-order valence-electron chi connectivity index (χ0n) is 10.1. The molecule has 0 atom stereocenters. The van der Waals surface area contributed by atoms with Crippen LogP contribution in [0.15, 0.2) is 39.9 Å². The molecule has 0 saturated carbocycles. The Morgan fingerprint density at radius 3 is 3.06 bits per heavy atom. The maximum Gasteiger partial charge on any atom is 0.0525 e. The number of nitrogens with two attached hydrogens (primary N) is 1. The minimum Gasteiger partial charge on any atom is -0.399 e. The zero-order valence-corrected chi connectivity index (χ0v) is 11.8. The molecule has 3 rings (SSSR count). The molecule has 2 nitrogen and oxygen atoms in total. The molecule has 0 fully saturated rings. The maximum absolute atomic E-state index is 5.90. The van der Waals surface area contributed by atoms with E-state index in [1.165, 1.54) is 21.9 Å². The molecule has 0 spiro atoms. The van der Waals surface area contributed by atoms with Gasteiger partial charge < -0.3 is 10.6 Å². The second-order valence-electron chi connectivity index (χ2n) is 4.44. The van der Waals surface area contributed by atoms with Gasteiger partial charge in [0.25, 0.3) is 0 Å². The Kier molecular flexibility index (Phi) is 3.48. The molecule has 2 N–H and O–H groups in total. The highest BCUT2D eigenvalue weighted by Gasteiger charge is 2.17. The van der Waals surface area contributed by atoms with Gasteiger partial charge in [0.1, 0.15) is 0 Å². The van der Waals surface area contributed by atoms with Crippen LogP contribution < -0.4 is 10.6 Å². The highest BCUT2D eigenvalue weighted by Crippen LogP contribution is 2.36. The first-order valence-corrected chi connectivity index (χ1v) is 8.04. The van der Waals surface area contributed by atoms with Crippen molar-refractivity contribution in [3.05, 3.63) is 40.6 Å². The lowest BCUT2D eigenvalue weighted by atomic mass is 10.2. The quantitative estimate of drug-likeness (QED) is 0.870. The zero-order chi connectivity index (χ0) is 12.4. The molecule has 0 radical (unpaired) electrons. The van der Waals surface area contributed by atoms with Crippen molar-refractivity contribution in [3.63, 3.8) is 0 Å². The normalized spacial score (nSPS) is 14.6. The highest BCUT2D eigenvalue weighted by atomic mass is 32.2. The SMILES string of the molecule is Nc1ccc2c(c1)N(CCc1ccsc1)CCS2. The van der Waals surface area contributed by atoms with Gasteiger partial charge in [-0.3, -0.25) is 0 Å². The van der Waals surface area contributed by atoms with E-state index in [0.717, 1.165) is 25.2 Å². The number of thiophene rings is 1. The third-order valence-electron chi connectivity index (χ3n) is 3.19. The summed E-state index contributed by atoms with van der Waals surface area (Å²) in [6.07, 6.45) is 1.11. The second-order valence-corrected chi connectivity index (χ2v) is 6.36. The summed E-state index contributed by atoms with van der Waals surface area (Å²) in [5, 5.41) is 4.38. The van der Waals surface area contributed by atoms with Crippen molar-refractivity contribution in [1.82, 2.24) is 0 Å². The number of nitrogen functional groups attached to an aromatic ring is 1. The summed E-state index contributed by atoms with van der Waals surface area (Å²) >= 11 is 3.70. The fraction of sp³-hybridized carbons (Fsp3) is 0.286. The van der Waals surface area contributed by atoms with Gasteiger partial charge in [-0.1, -0.05) is 0 Å². The van der Waals surface area contributed by atoms with Crippen molar-refractivity contribution < 1.29 is 0 Å². The van der Waals surface area contributed by atoms with E-state index in [-0.39, 0.29) is 0 Å². The molecule has 1 aromatic heterocycles. The molecule has 1 aliphatic heterocycles. The molecule has 1 aromatic carbocycles. The molecular weight excluding hydrogens is 260 g/mol. The van der Waals surface area contributed by atoms with E-state index in [1.807, 2.05) is 17.8 Å². The number of fused-ring (bicyclic) bond motifs is 1. The smallest absolute Gasteiger partial charge is 0.0525 e. The maximum atomic E-state index is 5.90. The fourth-order valence-electron chi connectivity index (χ4n) is 2.22. The van der Waals surface area contributed by atoms with Crippen molar-refractivity contribution in [2.45, 2.75) is 11.3 Å². The monoisotopic (exact) mass is 276 g/mol. The third kappa shape index (κ3) is 2.49.